The standard InChI is InChI=1S/C22H27N3O5S/c1-15(18-12-11-17-7-4-5-8-19(17)13-18)23-22(26)16(2)24(31(3,29)30)20-9-6-10-21(14-20)25(27)28/h6,9-16H,4-5,7-8H2,1-3H3,(H,23,26)/t15-,16+/m1/s1. The minimum Gasteiger partial charge on any atom is -0.348 e. The molecule has 1 aliphatic rings. The fraction of sp³-hybridized carbons (Fsp3) is 0.409. The maximum atomic E-state index is 12.9. The number of hydrogen-bond acceptors (Lipinski definition) is 5. The second kappa shape index (κ2) is 9.05. The molecule has 0 heterocycles. The van der Waals surface area contributed by atoms with Crippen molar-refractivity contribution in [1.29, 1.82) is 0 Å². The first-order chi connectivity index (χ1) is 14.6. The van der Waals surface area contributed by atoms with Crippen LogP contribution in [0.5, 0.6) is 0 Å². The third-order valence-corrected chi connectivity index (χ3v) is 6.86. The molecular formula is C22H27N3O5S. The van der Waals surface area contributed by atoms with Gasteiger partial charge in [-0.1, -0.05) is 24.3 Å². The van der Waals surface area contributed by atoms with Crippen molar-refractivity contribution in [3.8, 4) is 0 Å². The smallest absolute Gasteiger partial charge is 0.271 e. The summed E-state index contributed by atoms with van der Waals surface area (Å²) in [5.41, 5.74) is 3.42. The Labute approximate surface area is 182 Å². The van der Waals surface area contributed by atoms with Gasteiger partial charge in [-0.15, -0.1) is 0 Å². The van der Waals surface area contributed by atoms with Crippen molar-refractivity contribution in [3.05, 3.63) is 69.3 Å². The zero-order valence-corrected chi connectivity index (χ0v) is 18.7. The third kappa shape index (κ3) is 5.22. The molecule has 0 bridgehead atoms. The summed E-state index contributed by atoms with van der Waals surface area (Å²) in [6.07, 6.45) is 5.41. The van der Waals surface area contributed by atoms with E-state index in [1.54, 1.807) is 0 Å². The number of aryl methyl sites for hydroxylation is 2. The minimum absolute atomic E-state index is 0.0702. The monoisotopic (exact) mass is 445 g/mol. The highest BCUT2D eigenvalue weighted by Gasteiger charge is 2.31. The summed E-state index contributed by atoms with van der Waals surface area (Å²) in [6, 6.07) is 10.1. The Morgan fingerprint density at radius 1 is 1.10 bits per heavy atom. The summed E-state index contributed by atoms with van der Waals surface area (Å²) in [4.78, 5) is 23.4. The second-order valence-electron chi connectivity index (χ2n) is 7.98. The molecule has 0 spiro atoms. The molecule has 8 nitrogen and oxygen atoms in total. The number of fused-ring (bicyclic) bond motifs is 1. The van der Waals surface area contributed by atoms with Crippen LogP contribution in [0, 0.1) is 10.1 Å². The third-order valence-electron chi connectivity index (χ3n) is 5.61. The molecule has 0 radical (unpaired) electrons. The van der Waals surface area contributed by atoms with Gasteiger partial charge in [0, 0.05) is 12.1 Å². The van der Waals surface area contributed by atoms with Crippen LogP contribution >= 0.6 is 0 Å². The van der Waals surface area contributed by atoms with E-state index in [0.29, 0.717) is 0 Å². The van der Waals surface area contributed by atoms with Crippen LogP contribution < -0.4 is 9.62 Å². The number of nitro benzene ring substituents is 1. The molecule has 0 aliphatic heterocycles. The molecule has 0 aromatic heterocycles. The molecule has 9 heteroatoms. The van der Waals surface area contributed by atoms with Crippen molar-refractivity contribution in [3.63, 3.8) is 0 Å². The molecule has 1 aliphatic carbocycles. The number of sulfonamides is 1. The molecule has 1 N–H and O–H groups in total. The number of amides is 1. The van der Waals surface area contributed by atoms with Crippen LogP contribution in [0.25, 0.3) is 0 Å². The fourth-order valence-corrected chi connectivity index (χ4v) is 5.16. The van der Waals surface area contributed by atoms with Crippen molar-refractivity contribution in [2.24, 2.45) is 0 Å². The lowest BCUT2D eigenvalue weighted by Crippen LogP contribution is -2.48. The van der Waals surface area contributed by atoms with Gasteiger partial charge in [0.15, 0.2) is 0 Å². The number of anilines is 1. The lowest BCUT2D eigenvalue weighted by molar-refractivity contribution is -0.384. The van der Waals surface area contributed by atoms with Crippen LogP contribution in [0.15, 0.2) is 42.5 Å². The molecular weight excluding hydrogens is 418 g/mol. The van der Waals surface area contributed by atoms with E-state index in [1.807, 2.05) is 13.0 Å². The number of nitrogens with zero attached hydrogens (tertiary/aromatic N) is 2. The highest BCUT2D eigenvalue weighted by Crippen LogP contribution is 2.27. The van der Waals surface area contributed by atoms with Gasteiger partial charge in [0.25, 0.3) is 5.69 Å². The molecule has 2 aromatic carbocycles. The van der Waals surface area contributed by atoms with E-state index in [9.17, 15) is 23.3 Å². The molecule has 0 saturated heterocycles. The lowest BCUT2D eigenvalue weighted by atomic mass is 9.89. The number of carbonyl (C=O) groups is 1. The second-order valence-corrected chi connectivity index (χ2v) is 9.84. The van der Waals surface area contributed by atoms with Gasteiger partial charge in [-0.3, -0.25) is 19.2 Å². The quantitative estimate of drug-likeness (QED) is 0.518. The van der Waals surface area contributed by atoms with Gasteiger partial charge in [-0.05, 0) is 62.3 Å². The first kappa shape index (κ1) is 22.7. The molecule has 1 amide bonds. The van der Waals surface area contributed by atoms with E-state index in [0.717, 1.165) is 41.5 Å². The predicted octanol–water partition coefficient (Wildman–Crippen LogP) is 3.51. The number of non-ortho nitro benzene ring substituents is 1. The van der Waals surface area contributed by atoms with Gasteiger partial charge < -0.3 is 5.32 Å². The Hall–Kier alpha value is -2.94. The highest BCUT2D eigenvalue weighted by atomic mass is 32.2. The Bertz CT molecular complexity index is 1100. The number of nitrogens with one attached hydrogen (secondary N) is 1. The van der Waals surface area contributed by atoms with E-state index < -0.39 is 26.9 Å². The summed E-state index contributed by atoms with van der Waals surface area (Å²) in [6.45, 7) is 3.32. The summed E-state index contributed by atoms with van der Waals surface area (Å²) in [5, 5.41) is 14.0. The molecule has 0 unspecified atom stereocenters. The fourth-order valence-electron chi connectivity index (χ4n) is 3.99. The Balaban J connectivity index is 1.82. The van der Waals surface area contributed by atoms with Crippen molar-refractivity contribution in [2.75, 3.05) is 10.6 Å². The van der Waals surface area contributed by atoms with Gasteiger partial charge in [0.1, 0.15) is 6.04 Å². The number of carbonyl (C=O) groups excluding carboxylic acids is 1. The van der Waals surface area contributed by atoms with E-state index in [4.69, 9.17) is 0 Å². The topological polar surface area (TPSA) is 110 Å². The van der Waals surface area contributed by atoms with Crippen LogP contribution in [0.2, 0.25) is 0 Å². The number of rotatable bonds is 7. The zero-order valence-electron chi connectivity index (χ0n) is 17.9. The van der Waals surface area contributed by atoms with E-state index in [2.05, 4.69) is 17.4 Å². The molecule has 0 saturated carbocycles. The predicted molar refractivity (Wildman–Crippen MR) is 120 cm³/mol. The summed E-state index contributed by atoms with van der Waals surface area (Å²) in [5.74, 6) is -0.484. The summed E-state index contributed by atoms with van der Waals surface area (Å²) in [7, 11) is -3.87. The minimum atomic E-state index is -3.87. The maximum Gasteiger partial charge on any atom is 0.271 e. The zero-order chi connectivity index (χ0) is 22.8. The first-order valence-corrected chi connectivity index (χ1v) is 12.1. The molecule has 0 fully saturated rings. The van der Waals surface area contributed by atoms with Crippen molar-refractivity contribution >= 4 is 27.3 Å². The van der Waals surface area contributed by atoms with Crippen molar-refractivity contribution in [1.82, 2.24) is 5.32 Å². The van der Waals surface area contributed by atoms with E-state index in [-0.39, 0.29) is 17.4 Å². The average Bonchev–Trinajstić information content (AvgIpc) is 2.72. The Kier molecular flexibility index (Phi) is 6.64. The first-order valence-electron chi connectivity index (χ1n) is 10.2. The molecule has 166 valence electrons. The van der Waals surface area contributed by atoms with Gasteiger partial charge in [0.05, 0.1) is 22.9 Å². The maximum absolute atomic E-state index is 12.9. The summed E-state index contributed by atoms with van der Waals surface area (Å²) >= 11 is 0. The van der Waals surface area contributed by atoms with Crippen LogP contribution in [0.3, 0.4) is 0 Å². The number of nitro groups is 1. The lowest BCUT2D eigenvalue weighted by Gasteiger charge is -2.29. The van der Waals surface area contributed by atoms with Crippen molar-refractivity contribution < 1.29 is 18.1 Å². The molecule has 2 atom stereocenters. The van der Waals surface area contributed by atoms with Gasteiger partial charge in [-0.25, -0.2) is 8.42 Å². The largest absolute Gasteiger partial charge is 0.348 e. The van der Waals surface area contributed by atoms with Crippen LogP contribution in [-0.4, -0.2) is 31.5 Å². The number of benzene rings is 2. The normalized spacial score (nSPS) is 15.5. The van der Waals surface area contributed by atoms with Gasteiger partial charge in [0.2, 0.25) is 15.9 Å². The molecule has 2 aromatic rings. The van der Waals surface area contributed by atoms with E-state index >= 15 is 0 Å². The van der Waals surface area contributed by atoms with Crippen LogP contribution in [-0.2, 0) is 27.7 Å². The number of hydrogen-bond donors (Lipinski definition) is 1. The average molecular weight is 446 g/mol. The summed E-state index contributed by atoms with van der Waals surface area (Å²) < 4.78 is 25.8. The van der Waals surface area contributed by atoms with Gasteiger partial charge in [-0.2, -0.15) is 0 Å². The van der Waals surface area contributed by atoms with Gasteiger partial charge >= 0.3 is 0 Å². The van der Waals surface area contributed by atoms with Crippen LogP contribution in [0.4, 0.5) is 11.4 Å². The molecule has 3 rings (SSSR count). The Morgan fingerprint density at radius 3 is 2.42 bits per heavy atom. The Morgan fingerprint density at radius 2 is 1.77 bits per heavy atom. The van der Waals surface area contributed by atoms with Crippen LogP contribution in [0.1, 0.15) is 49.4 Å². The molecule has 31 heavy (non-hydrogen) atoms. The SMILES string of the molecule is C[C@@H](NC(=O)[C@H](C)N(c1cccc([N+](=O)[O-])c1)S(C)(=O)=O)c1ccc2c(c1)CCCC2. The van der Waals surface area contributed by atoms with Crippen molar-refractivity contribution in [2.45, 2.75) is 51.6 Å². The highest BCUT2D eigenvalue weighted by molar-refractivity contribution is 7.92. The van der Waals surface area contributed by atoms with E-state index in [1.165, 1.54) is 42.7 Å².